The minimum Gasteiger partial charge on any atom is -0.449 e. The van der Waals surface area contributed by atoms with Crippen molar-refractivity contribution in [1.82, 2.24) is 0 Å². The van der Waals surface area contributed by atoms with Crippen molar-refractivity contribution in [2.45, 2.75) is 18.9 Å². The number of benzene rings is 2. The number of ketones is 2. The highest BCUT2D eigenvalue weighted by atomic mass is 32.1. The third kappa shape index (κ3) is 4.99. The van der Waals surface area contributed by atoms with Crippen LogP contribution in [0.1, 0.15) is 44.5 Å². The zero-order valence-corrected chi connectivity index (χ0v) is 15.4. The molecule has 27 heavy (non-hydrogen) atoms. The van der Waals surface area contributed by atoms with Crippen LogP contribution in [0.25, 0.3) is 0 Å². The van der Waals surface area contributed by atoms with Crippen LogP contribution in [0.3, 0.4) is 0 Å². The lowest BCUT2D eigenvalue weighted by Gasteiger charge is -2.17. The molecule has 0 saturated carbocycles. The first-order chi connectivity index (χ1) is 13.1. The van der Waals surface area contributed by atoms with Crippen LogP contribution in [0.2, 0.25) is 0 Å². The fourth-order valence-electron chi connectivity index (χ4n) is 2.62. The quantitative estimate of drug-likeness (QED) is 0.414. The van der Waals surface area contributed by atoms with E-state index in [9.17, 15) is 14.4 Å². The van der Waals surface area contributed by atoms with Gasteiger partial charge in [0.1, 0.15) is 0 Å². The number of rotatable bonds is 8. The van der Waals surface area contributed by atoms with Gasteiger partial charge in [0.05, 0.1) is 11.3 Å². The average Bonchev–Trinajstić information content (AvgIpc) is 3.26. The number of carbonyl (C=O) groups is 3. The van der Waals surface area contributed by atoms with Crippen LogP contribution in [-0.2, 0) is 9.53 Å². The van der Waals surface area contributed by atoms with Crippen molar-refractivity contribution in [2.24, 2.45) is 0 Å². The summed E-state index contributed by atoms with van der Waals surface area (Å²) in [5.41, 5.74) is 1.07. The van der Waals surface area contributed by atoms with Crippen LogP contribution >= 0.6 is 11.3 Å². The molecule has 2 aromatic carbocycles. The topological polar surface area (TPSA) is 60.4 Å². The molecule has 3 aromatic rings. The minimum atomic E-state index is -1.03. The van der Waals surface area contributed by atoms with E-state index in [4.69, 9.17) is 4.74 Å². The molecule has 4 nitrogen and oxygen atoms in total. The van der Waals surface area contributed by atoms with Crippen molar-refractivity contribution in [2.75, 3.05) is 0 Å². The molecule has 1 unspecified atom stereocenters. The standard InChI is InChI=1S/C22H18O4S/c23-18(19-12-7-15-27-19)13-14-20(24)26-22(17-10-5-2-6-11-17)21(25)16-8-3-1-4-9-16/h1-12,15,22H,13-14H2. The summed E-state index contributed by atoms with van der Waals surface area (Å²) in [5.74, 6) is -0.967. The molecule has 1 heterocycles. The Balaban J connectivity index is 1.70. The van der Waals surface area contributed by atoms with Gasteiger partial charge in [0.2, 0.25) is 5.78 Å². The molecule has 0 aliphatic rings. The van der Waals surface area contributed by atoms with Crippen LogP contribution in [0.5, 0.6) is 0 Å². The summed E-state index contributed by atoms with van der Waals surface area (Å²) in [7, 11) is 0. The number of Topliss-reactive ketones (excluding diaryl/α,β-unsaturated/α-hetero) is 2. The Hall–Kier alpha value is -3.05. The molecule has 0 N–H and O–H groups in total. The maximum atomic E-state index is 12.9. The second kappa shape index (κ2) is 9.05. The lowest BCUT2D eigenvalue weighted by molar-refractivity contribution is -0.147. The van der Waals surface area contributed by atoms with Gasteiger partial charge in [-0.25, -0.2) is 0 Å². The summed E-state index contributed by atoms with van der Waals surface area (Å²) >= 11 is 1.34. The van der Waals surface area contributed by atoms with E-state index in [-0.39, 0.29) is 24.4 Å². The summed E-state index contributed by atoms with van der Waals surface area (Å²) < 4.78 is 5.48. The molecule has 3 rings (SSSR count). The molecule has 0 bridgehead atoms. The Kier molecular flexibility index (Phi) is 6.28. The zero-order chi connectivity index (χ0) is 19.1. The van der Waals surface area contributed by atoms with Gasteiger partial charge in [0.15, 0.2) is 11.9 Å². The fraction of sp³-hybridized carbons (Fsp3) is 0.136. The van der Waals surface area contributed by atoms with Crippen LogP contribution in [0.4, 0.5) is 0 Å². The first kappa shape index (κ1) is 18.7. The molecule has 0 spiro atoms. The second-order valence-electron chi connectivity index (χ2n) is 5.91. The SMILES string of the molecule is O=C(CCC(=O)c1cccs1)OC(C(=O)c1ccccc1)c1ccccc1. The molecule has 0 saturated heterocycles. The van der Waals surface area contributed by atoms with E-state index < -0.39 is 12.1 Å². The minimum absolute atomic E-state index is 0.0559. The summed E-state index contributed by atoms with van der Waals surface area (Å²) in [6, 6.07) is 21.1. The third-order valence-electron chi connectivity index (χ3n) is 4.00. The highest BCUT2D eigenvalue weighted by Crippen LogP contribution is 2.23. The van der Waals surface area contributed by atoms with Crippen LogP contribution in [0.15, 0.2) is 78.2 Å². The smallest absolute Gasteiger partial charge is 0.307 e. The van der Waals surface area contributed by atoms with Gasteiger partial charge in [0, 0.05) is 17.5 Å². The van der Waals surface area contributed by atoms with Gasteiger partial charge in [-0.1, -0.05) is 66.7 Å². The Morgan fingerprint density at radius 3 is 2.11 bits per heavy atom. The van der Waals surface area contributed by atoms with Gasteiger partial charge in [-0.2, -0.15) is 0 Å². The predicted octanol–water partition coefficient (Wildman–Crippen LogP) is 4.88. The first-order valence-corrected chi connectivity index (χ1v) is 9.43. The summed E-state index contributed by atoms with van der Waals surface area (Å²) in [4.78, 5) is 37.8. The monoisotopic (exact) mass is 378 g/mol. The van der Waals surface area contributed by atoms with Crippen molar-refractivity contribution in [3.8, 4) is 0 Å². The predicted molar refractivity (Wildman–Crippen MR) is 104 cm³/mol. The molecule has 0 aliphatic heterocycles. The number of hydrogen-bond donors (Lipinski definition) is 0. The molecule has 5 heteroatoms. The Labute approximate surface area is 161 Å². The van der Waals surface area contributed by atoms with E-state index in [0.717, 1.165) is 0 Å². The number of esters is 1. The summed E-state index contributed by atoms with van der Waals surface area (Å²) in [5, 5.41) is 1.81. The molecular weight excluding hydrogens is 360 g/mol. The van der Waals surface area contributed by atoms with E-state index in [1.165, 1.54) is 11.3 Å². The molecule has 1 aromatic heterocycles. The second-order valence-corrected chi connectivity index (χ2v) is 6.86. The van der Waals surface area contributed by atoms with E-state index in [1.807, 2.05) is 17.5 Å². The maximum absolute atomic E-state index is 12.9. The van der Waals surface area contributed by atoms with Gasteiger partial charge in [-0.15, -0.1) is 11.3 Å². The van der Waals surface area contributed by atoms with Crippen molar-refractivity contribution in [3.63, 3.8) is 0 Å². The zero-order valence-electron chi connectivity index (χ0n) is 14.5. The first-order valence-electron chi connectivity index (χ1n) is 8.55. The number of hydrogen-bond acceptors (Lipinski definition) is 5. The van der Waals surface area contributed by atoms with Crippen molar-refractivity contribution in [3.05, 3.63) is 94.2 Å². The van der Waals surface area contributed by atoms with Gasteiger partial charge in [0.25, 0.3) is 0 Å². The molecule has 0 aliphatic carbocycles. The normalized spacial score (nSPS) is 11.6. The fourth-order valence-corrected chi connectivity index (χ4v) is 3.32. The van der Waals surface area contributed by atoms with Gasteiger partial charge >= 0.3 is 5.97 Å². The molecule has 0 amide bonds. The van der Waals surface area contributed by atoms with Gasteiger partial charge in [-0.3, -0.25) is 14.4 Å². The lowest BCUT2D eigenvalue weighted by Crippen LogP contribution is -2.20. The molecule has 0 fully saturated rings. The number of ether oxygens (including phenoxy) is 1. The van der Waals surface area contributed by atoms with E-state index in [1.54, 1.807) is 60.7 Å². The van der Waals surface area contributed by atoms with Gasteiger partial charge < -0.3 is 4.74 Å². The van der Waals surface area contributed by atoms with Crippen molar-refractivity contribution >= 4 is 28.9 Å². The largest absolute Gasteiger partial charge is 0.449 e. The molecule has 136 valence electrons. The Morgan fingerprint density at radius 1 is 0.815 bits per heavy atom. The molecule has 1 atom stereocenters. The summed E-state index contributed by atoms with van der Waals surface area (Å²) in [6.45, 7) is 0. The number of carbonyl (C=O) groups excluding carboxylic acids is 3. The highest BCUT2D eigenvalue weighted by molar-refractivity contribution is 7.12. The van der Waals surface area contributed by atoms with E-state index in [2.05, 4.69) is 0 Å². The number of thiophene rings is 1. The van der Waals surface area contributed by atoms with Crippen molar-refractivity contribution in [1.29, 1.82) is 0 Å². The Bertz CT molecular complexity index is 902. The van der Waals surface area contributed by atoms with Crippen LogP contribution < -0.4 is 0 Å². The van der Waals surface area contributed by atoms with Crippen LogP contribution in [-0.4, -0.2) is 17.5 Å². The summed E-state index contributed by atoms with van der Waals surface area (Å²) in [6.07, 6.45) is -1.04. The molecule has 0 radical (unpaired) electrons. The van der Waals surface area contributed by atoms with E-state index >= 15 is 0 Å². The lowest BCUT2D eigenvalue weighted by atomic mass is 10.00. The van der Waals surface area contributed by atoms with E-state index in [0.29, 0.717) is 16.0 Å². The average molecular weight is 378 g/mol. The maximum Gasteiger partial charge on any atom is 0.307 e. The third-order valence-corrected chi connectivity index (χ3v) is 4.91. The van der Waals surface area contributed by atoms with Crippen LogP contribution in [0, 0.1) is 0 Å². The Morgan fingerprint density at radius 2 is 1.48 bits per heavy atom. The van der Waals surface area contributed by atoms with Gasteiger partial charge in [-0.05, 0) is 11.4 Å². The molecular formula is C22H18O4S. The highest BCUT2D eigenvalue weighted by Gasteiger charge is 2.26. The van der Waals surface area contributed by atoms with Crippen molar-refractivity contribution < 1.29 is 19.1 Å².